The van der Waals surface area contributed by atoms with Gasteiger partial charge in [0.1, 0.15) is 10.7 Å². The molecule has 2 aromatic rings. The van der Waals surface area contributed by atoms with Crippen molar-refractivity contribution in [3.63, 3.8) is 0 Å². The van der Waals surface area contributed by atoms with Crippen molar-refractivity contribution < 1.29 is 12.8 Å². The maximum Gasteiger partial charge on any atom is 0.264 e. The van der Waals surface area contributed by atoms with Gasteiger partial charge in [0.25, 0.3) is 10.0 Å². The Labute approximate surface area is 122 Å². The molecule has 0 fully saturated rings. The van der Waals surface area contributed by atoms with Gasteiger partial charge in [0.15, 0.2) is 0 Å². The van der Waals surface area contributed by atoms with Gasteiger partial charge in [-0.25, -0.2) is 12.8 Å². The predicted molar refractivity (Wildman–Crippen MR) is 79.6 cm³/mol. The van der Waals surface area contributed by atoms with E-state index in [1.54, 1.807) is 24.3 Å². The van der Waals surface area contributed by atoms with E-state index < -0.39 is 20.7 Å². The minimum atomic E-state index is -3.98. The van der Waals surface area contributed by atoms with E-state index in [-0.39, 0.29) is 6.54 Å². The lowest BCUT2D eigenvalue weighted by molar-refractivity contribution is 0.570. The van der Waals surface area contributed by atoms with E-state index in [9.17, 15) is 12.8 Å². The lowest BCUT2D eigenvalue weighted by Gasteiger charge is -2.09. The van der Waals surface area contributed by atoms with E-state index in [0.717, 1.165) is 6.07 Å². The van der Waals surface area contributed by atoms with E-state index >= 15 is 0 Å². The van der Waals surface area contributed by atoms with Crippen LogP contribution in [-0.4, -0.2) is 15.0 Å². The van der Waals surface area contributed by atoms with Crippen molar-refractivity contribution in [2.75, 3.05) is 11.3 Å². The van der Waals surface area contributed by atoms with Gasteiger partial charge in [-0.3, -0.25) is 4.72 Å². The third-order valence-corrected chi connectivity index (χ3v) is 3.99. The van der Waals surface area contributed by atoms with Crippen molar-refractivity contribution in [2.45, 2.75) is 4.90 Å². The SMILES string of the molecule is NCC#Cc1cccc(NS(=O)(=O)c2ccccc2F)c1. The van der Waals surface area contributed by atoms with Crippen LogP contribution in [0.2, 0.25) is 0 Å². The van der Waals surface area contributed by atoms with E-state index in [0.29, 0.717) is 11.3 Å². The van der Waals surface area contributed by atoms with Gasteiger partial charge in [0.2, 0.25) is 0 Å². The van der Waals surface area contributed by atoms with Crippen molar-refractivity contribution >= 4 is 15.7 Å². The second-order valence-corrected chi connectivity index (χ2v) is 5.77. The second-order valence-electron chi connectivity index (χ2n) is 4.12. The average Bonchev–Trinajstić information content (AvgIpc) is 2.45. The van der Waals surface area contributed by atoms with Crippen LogP contribution in [0.1, 0.15) is 5.56 Å². The maximum absolute atomic E-state index is 13.6. The fourth-order valence-electron chi connectivity index (χ4n) is 1.69. The molecule has 108 valence electrons. The Balaban J connectivity index is 2.31. The smallest absolute Gasteiger partial charge is 0.264 e. The lowest BCUT2D eigenvalue weighted by atomic mass is 10.2. The van der Waals surface area contributed by atoms with Crippen LogP contribution in [0.25, 0.3) is 0 Å². The molecule has 0 spiro atoms. The van der Waals surface area contributed by atoms with Gasteiger partial charge in [0.05, 0.1) is 12.2 Å². The summed E-state index contributed by atoms with van der Waals surface area (Å²) in [6, 6.07) is 11.7. The minimum Gasteiger partial charge on any atom is -0.320 e. The van der Waals surface area contributed by atoms with Gasteiger partial charge >= 0.3 is 0 Å². The largest absolute Gasteiger partial charge is 0.320 e. The maximum atomic E-state index is 13.6. The Hall–Kier alpha value is -2.36. The van der Waals surface area contributed by atoms with Crippen LogP contribution in [-0.2, 0) is 10.0 Å². The Kier molecular flexibility index (Phi) is 4.58. The summed E-state index contributed by atoms with van der Waals surface area (Å²) in [5.74, 6) is 4.67. The molecule has 0 saturated carbocycles. The predicted octanol–water partition coefficient (Wildman–Crippen LogP) is 1.94. The summed E-state index contributed by atoms with van der Waals surface area (Å²) in [5.41, 5.74) is 6.21. The molecule has 0 radical (unpaired) electrons. The highest BCUT2D eigenvalue weighted by atomic mass is 32.2. The monoisotopic (exact) mass is 304 g/mol. The molecular formula is C15H13FN2O2S. The van der Waals surface area contributed by atoms with Crippen LogP contribution in [0.5, 0.6) is 0 Å². The Bertz CT molecular complexity index is 808. The Morgan fingerprint density at radius 1 is 1.14 bits per heavy atom. The molecule has 0 aromatic heterocycles. The molecule has 0 aliphatic rings. The summed E-state index contributed by atoms with van der Waals surface area (Å²) in [4.78, 5) is -0.400. The number of nitrogens with two attached hydrogens (primary N) is 1. The molecule has 21 heavy (non-hydrogen) atoms. The zero-order valence-electron chi connectivity index (χ0n) is 11.0. The molecule has 0 amide bonds. The van der Waals surface area contributed by atoms with Gasteiger partial charge in [-0.05, 0) is 30.3 Å². The molecule has 0 atom stereocenters. The summed E-state index contributed by atoms with van der Waals surface area (Å²) in [6.07, 6.45) is 0. The first-order valence-electron chi connectivity index (χ1n) is 6.09. The first-order chi connectivity index (χ1) is 10.0. The molecule has 4 nitrogen and oxygen atoms in total. The van der Waals surface area contributed by atoms with E-state index in [1.165, 1.54) is 18.2 Å². The van der Waals surface area contributed by atoms with Crippen molar-refractivity contribution in [2.24, 2.45) is 5.73 Å². The fraction of sp³-hybridized carbons (Fsp3) is 0.0667. The summed E-state index contributed by atoms with van der Waals surface area (Å²) < 4.78 is 40.2. The second kappa shape index (κ2) is 6.39. The molecule has 0 unspecified atom stereocenters. The molecular weight excluding hydrogens is 291 g/mol. The van der Waals surface area contributed by atoms with Crippen LogP contribution >= 0.6 is 0 Å². The van der Waals surface area contributed by atoms with Crippen molar-refractivity contribution in [3.05, 3.63) is 59.9 Å². The fourth-order valence-corrected chi connectivity index (χ4v) is 2.82. The third-order valence-electron chi connectivity index (χ3n) is 2.58. The standard InChI is InChI=1S/C15H13FN2O2S/c16-14-8-1-2-9-15(14)21(19,20)18-13-7-3-5-12(11-13)6-4-10-17/h1-3,5,7-9,11,18H,10,17H2. The summed E-state index contributed by atoms with van der Waals surface area (Å²) >= 11 is 0. The van der Waals surface area contributed by atoms with Crippen molar-refractivity contribution in [1.29, 1.82) is 0 Å². The molecule has 0 aliphatic carbocycles. The number of hydrogen-bond acceptors (Lipinski definition) is 3. The Morgan fingerprint density at radius 3 is 2.62 bits per heavy atom. The molecule has 0 heterocycles. The molecule has 6 heteroatoms. The number of halogens is 1. The van der Waals surface area contributed by atoms with Crippen molar-refractivity contribution in [3.8, 4) is 11.8 Å². The number of anilines is 1. The van der Waals surface area contributed by atoms with Crippen LogP contribution in [0.4, 0.5) is 10.1 Å². The quantitative estimate of drug-likeness (QED) is 0.851. The molecule has 2 aromatic carbocycles. The minimum absolute atomic E-state index is 0.213. The van der Waals surface area contributed by atoms with Gasteiger partial charge in [-0.1, -0.05) is 30.0 Å². The molecule has 3 N–H and O–H groups in total. The van der Waals surface area contributed by atoms with Gasteiger partial charge in [0, 0.05) is 5.56 Å². The topological polar surface area (TPSA) is 72.2 Å². The van der Waals surface area contributed by atoms with Crippen LogP contribution < -0.4 is 10.5 Å². The van der Waals surface area contributed by atoms with E-state index in [4.69, 9.17) is 5.73 Å². The Morgan fingerprint density at radius 2 is 1.90 bits per heavy atom. The molecule has 2 rings (SSSR count). The zero-order chi connectivity index (χ0) is 15.3. The molecule has 0 aliphatic heterocycles. The first kappa shape index (κ1) is 15.0. The number of rotatable bonds is 3. The highest BCUT2D eigenvalue weighted by Gasteiger charge is 2.18. The number of benzene rings is 2. The van der Waals surface area contributed by atoms with Crippen LogP contribution in [0.3, 0.4) is 0 Å². The molecule has 0 bridgehead atoms. The van der Waals surface area contributed by atoms with Gasteiger partial charge in [-0.2, -0.15) is 0 Å². The first-order valence-corrected chi connectivity index (χ1v) is 7.57. The zero-order valence-corrected chi connectivity index (χ0v) is 11.8. The van der Waals surface area contributed by atoms with Gasteiger partial charge in [-0.15, -0.1) is 0 Å². The third kappa shape index (κ3) is 3.81. The van der Waals surface area contributed by atoms with E-state index in [1.807, 2.05) is 0 Å². The highest BCUT2D eigenvalue weighted by Crippen LogP contribution is 2.19. The summed E-state index contributed by atoms with van der Waals surface area (Å²) in [5, 5.41) is 0. The van der Waals surface area contributed by atoms with Gasteiger partial charge < -0.3 is 5.73 Å². The number of nitrogens with one attached hydrogen (secondary N) is 1. The molecule has 0 saturated heterocycles. The van der Waals surface area contributed by atoms with Crippen LogP contribution in [0.15, 0.2) is 53.4 Å². The van der Waals surface area contributed by atoms with Crippen molar-refractivity contribution in [1.82, 2.24) is 0 Å². The van der Waals surface area contributed by atoms with E-state index in [2.05, 4.69) is 16.6 Å². The summed E-state index contributed by atoms with van der Waals surface area (Å²) in [6.45, 7) is 0.213. The summed E-state index contributed by atoms with van der Waals surface area (Å²) in [7, 11) is -3.98. The normalized spacial score (nSPS) is 10.6. The number of sulfonamides is 1. The highest BCUT2D eigenvalue weighted by molar-refractivity contribution is 7.92. The number of hydrogen-bond donors (Lipinski definition) is 2. The average molecular weight is 304 g/mol. The lowest BCUT2D eigenvalue weighted by Crippen LogP contribution is -2.14. The van der Waals surface area contributed by atoms with Crippen LogP contribution in [0, 0.1) is 17.7 Å².